The summed E-state index contributed by atoms with van der Waals surface area (Å²) in [5.74, 6) is 0. The molecule has 39 heavy (non-hydrogen) atoms. The average molecular weight is 553 g/mol. The average Bonchev–Trinajstić information content (AvgIpc) is 3.79. The molecule has 3 heterocycles. The lowest BCUT2D eigenvalue weighted by molar-refractivity contribution is 1.60. The molecule has 0 fully saturated rings. The second-order valence-electron chi connectivity index (χ2n) is 9.49. The zero-order chi connectivity index (χ0) is 26.0. The highest BCUT2D eigenvalue weighted by Crippen LogP contribution is 2.44. The van der Waals surface area contributed by atoms with Crippen LogP contribution in [-0.2, 0) is 0 Å². The van der Waals surface area contributed by atoms with Crippen molar-refractivity contribution in [3.05, 3.63) is 141 Å². The van der Waals surface area contributed by atoms with Crippen LogP contribution >= 0.6 is 34.0 Å². The van der Waals surface area contributed by atoms with Crippen LogP contribution in [-0.4, -0.2) is 0 Å². The molecule has 186 valence electrons. The van der Waals surface area contributed by atoms with E-state index in [0.29, 0.717) is 0 Å². The van der Waals surface area contributed by atoms with E-state index < -0.39 is 0 Å². The van der Waals surface area contributed by atoms with E-state index in [9.17, 15) is 0 Å². The molecule has 7 aromatic rings. The molecule has 3 aromatic heterocycles. The van der Waals surface area contributed by atoms with Gasteiger partial charge in [-0.3, -0.25) is 0 Å². The van der Waals surface area contributed by atoms with Crippen LogP contribution in [0.3, 0.4) is 0 Å². The van der Waals surface area contributed by atoms with Crippen LogP contribution in [0.4, 0.5) is 0 Å². The van der Waals surface area contributed by atoms with E-state index in [2.05, 4.69) is 141 Å². The number of hydrogen-bond acceptors (Lipinski definition) is 3. The summed E-state index contributed by atoms with van der Waals surface area (Å²) in [6, 6.07) is 39.3. The van der Waals surface area contributed by atoms with E-state index in [4.69, 9.17) is 0 Å². The third kappa shape index (κ3) is 4.70. The molecule has 3 heteroatoms. The fraction of sp³-hybridized carbons (Fsp3) is 0. The summed E-state index contributed by atoms with van der Waals surface area (Å²) in [6.07, 6.45) is 0. The lowest BCUT2D eigenvalue weighted by Gasteiger charge is -2.13. The van der Waals surface area contributed by atoms with Crippen molar-refractivity contribution in [2.75, 3.05) is 0 Å². The highest BCUT2D eigenvalue weighted by atomic mass is 32.1. The summed E-state index contributed by atoms with van der Waals surface area (Å²) in [5, 5.41) is 13.7. The van der Waals surface area contributed by atoms with E-state index in [-0.39, 0.29) is 0 Å². The van der Waals surface area contributed by atoms with Gasteiger partial charge in [0.2, 0.25) is 0 Å². The summed E-state index contributed by atoms with van der Waals surface area (Å²) >= 11 is 5.30. The van der Waals surface area contributed by atoms with Gasteiger partial charge in [0.05, 0.1) is 0 Å². The predicted octanol–water partition coefficient (Wildman–Crippen LogP) is 11.9. The summed E-state index contributed by atoms with van der Waals surface area (Å²) < 4.78 is 0. The number of benzene rings is 4. The van der Waals surface area contributed by atoms with Crippen molar-refractivity contribution in [1.82, 2.24) is 0 Å². The van der Waals surface area contributed by atoms with Gasteiger partial charge in [-0.05, 0) is 83.9 Å². The highest BCUT2D eigenvalue weighted by molar-refractivity contribution is 7.09. The lowest BCUT2D eigenvalue weighted by atomic mass is 9.89. The molecule has 0 radical (unpaired) electrons. The molecule has 0 saturated carbocycles. The fourth-order valence-electron chi connectivity index (χ4n) is 5.18. The standard InChI is InChI=1S/C36H24S3/c1-4-10-25(11-5-1)31-19-37-22-34(31)28-16-29(35-23-38-20-32(35)26-12-6-2-7-13-26)18-30(17-28)36-24-39-21-33(36)27-14-8-3-9-15-27/h1-24H. The van der Waals surface area contributed by atoms with Gasteiger partial charge in [0.1, 0.15) is 0 Å². The Balaban J connectivity index is 1.44. The van der Waals surface area contributed by atoms with Crippen LogP contribution < -0.4 is 0 Å². The van der Waals surface area contributed by atoms with Crippen molar-refractivity contribution in [3.63, 3.8) is 0 Å². The molecule has 0 spiro atoms. The van der Waals surface area contributed by atoms with Gasteiger partial charge in [-0.25, -0.2) is 0 Å². The van der Waals surface area contributed by atoms with E-state index in [1.165, 1.54) is 66.8 Å². The minimum Gasteiger partial charge on any atom is -0.151 e. The maximum absolute atomic E-state index is 2.38. The second-order valence-corrected chi connectivity index (χ2v) is 11.7. The molecule has 0 saturated heterocycles. The largest absolute Gasteiger partial charge is 0.151 e. The van der Waals surface area contributed by atoms with Gasteiger partial charge >= 0.3 is 0 Å². The molecule has 0 aliphatic carbocycles. The Morgan fingerprint density at radius 3 is 0.744 bits per heavy atom. The number of thiophene rings is 3. The van der Waals surface area contributed by atoms with Gasteiger partial charge < -0.3 is 0 Å². The Bertz CT molecular complexity index is 1610. The summed E-state index contributed by atoms with van der Waals surface area (Å²) in [6.45, 7) is 0. The van der Waals surface area contributed by atoms with Crippen molar-refractivity contribution >= 4 is 34.0 Å². The summed E-state index contributed by atoms with van der Waals surface area (Å²) in [4.78, 5) is 0. The van der Waals surface area contributed by atoms with Gasteiger partial charge in [-0.15, -0.1) is 0 Å². The Kier molecular flexibility index (Phi) is 6.55. The topological polar surface area (TPSA) is 0 Å². The SMILES string of the molecule is c1ccc(-c2cscc2-c2cc(-c3cscc3-c3ccccc3)cc(-c3cscc3-c3ccccc3)c2)cc1. The van der Waals surface area contributed by atoms with Crippen LogP contribution in [0.15, 0.2) is 141 Å². The van der Waals surface area contributed by atoms with Crippen molar-refractivity contribution in [2.24, 2.45) is 0 Å². The van der Waals surface area contributed by atoms with E-state index in [1.54, 1.807) is 34.0 Å². The van der Waals surface area contributed by atoms with Gasteiger partial charge in [-0.1, -0.05) is 91.0 Å². The highest BCUT2D eigenvalue weighted by Gasteiger charge is 2.17. The quantitative estimate of drug-likeness (QED) is 0.192. The van der Waals surface area contributed by atoms with Crippen molar-refractivity contribution in [2.45, 2.75) is 0 Å². The maximum atomic E-state index is 2.38. The maximum Gasteiger partial charge on any atom is 0.000228 e. The van der Waals surface area contributed by atoms with Crippen molar-refractivity contribution in [3.8, 4) is 66.8 Å². The second kappa shape index (κ2) is 10.6. The molecule has 0 unspecified atom stereocenters. The Labute approximate surface area is 241 Å². The number of rotatable bonds is 6. The molecule has 7 rings (SSSR count). The first-order valence-electron chi connectivity index (χ1n) is 12.9. The zero-order valence-corrected chi connectivity index (χ0v) is 23.5. The molecular weight excluding hydrogens is 529 g/mol. The zero-order valence-electron chi connectivity index (χ0n) is 21.1. The minimum absolute atomic E-state index is 1.25. The lowest BCUT2D eigenvalue weighted by Crippen LogP contribution is -1.88. The molecular formula is C36H24S3. The molecule has 0 bridgehead atoms. The Hall–Kier alpha value is -4.02. The van der Waals surface area contributed by atoms with E-state index in [1.807, 2.05) is 0 Å². The number of hydrogen-bond donors (Lipinski definition) is 0. The molecule has 0 nitrogen and oxygen atoms in total. The Morgan fingerprint density at radius 2 is 0.487 bits per heavy atom. The van der Waals surface area contributed by atoms with Gasteiger partial charge in [-0.2, -0.15) is 34.0 Å². The summed E-state index contributed by atoms with van der Waals surface area (Å²) in [5.41, 5.74) is 15.2. The first-order valence-corrected chi connectivity index (χ1v) is 15.7. The van der Waals surface area contributed by atoms with Crippen LogP contribution in [0.5, 0.6) is 0 Å². The molecule has 0 amide bonds. The fourth-order valence-corrected chi connectivity index (χ4v) is 7.78. The smallest absolute Gasteiger partial charge is 0.000228 e. The molecule has 4 aromatic carbocycles. The Morgan fingerprint density at radius 1 is 0.256 bits per heavy atom. The normalized spacial score (nSPS) is 11.1. The summed E-state index contributed by atoms with van der Waals surface area (Å²) in [7, 11) is 0. The first kappa shape index (κ1) is 24.1. The third-order valence-corrected chi connectivity index (χ3v) is 9.34. The van der Waals surface area contributed by atoms with Crippen LogP contribution in [0.2, 0.25) is 0 Å². The van der Waals surface area contributed by atoms with Gasteiger partial charge in [0.15, 0.2) is 0 Å². The van der Waals surface area contributed by atoms with Crippen LogP contribution in [0.25, 0.3) is 66.8 Å². The molecule has 0 aliphatic heterocycles. The molecule has 0 N–H and O–H groups in total. The molecule has 0 atom stereocenters. The van der Waals surface area contributed by atoms with Crippen molar-refractivity contribution in [1.29, 1.82) is 0 Å². The van der Waals surface area contributed by atoms with Crippen molar-refractivity contribution < 1.29 is 0 Å². The third-order valence-electron chi connectivity index (χ3n) is 7.11. The first-order chi connectivity index (χ1) is 19.3. The predicted molar refractivity (Wildman–Crippen MR) is 173 cm³/mol. The van der Waals surface area contributed by atoms with Crippen LogP contribution in [0.1, 0.15) is 0 Å². The van der Waals surface area contributed by atoms with Gasteiger partial charge in [0.25, 0.3) is 0 Å². The van der Waals surface area contributed by atoms with Gasteiger partial charge in [0, 0.05) is 33.4 Å². The molecule has 0 aliphatic rings. The van der Waals surface area contributed by atoms with E-state index in [0.717, 1.165) is 0 Å². The van der Waals surface area contributed by atoms with Crippen LogP contribution in [0, 0.1) is 0 Å². The minimum atomic E-state index is 1.25. The monoisotopic (exact) mass is 552 g/mol. The van der Waals surface area contributed by atoms with E-state index >= 15 is 0 Å².